The van der Waals surface area contributed by atoms with Crippen molar-refractivity contribution in [1.82, 2.24) is 9.78 Å². The molecule has 0 saturated carbocycles. The van der Waals surface area contributed by atoms with Gasteiger partial charge in [0.25, 0.3) is 0 Å². The Kier molecular flexibility index (Phi) is 4.31. The van der Waals surface area contributed by atoms with Crippen LogP contribution in [0.5, 0.6) is 0 Å². The number of aryl methyl sites for hydroxylation is 1. The van der Waals surface area contributed by atoms with Gasteiger partial charge in [-0.25, -0.2) is 8.78 Å². The summed E-state index contributed by atoms with van der Waals surface area (Å²) in [6.45, 7) is 2.53. The van der Waals surface area contributed by atoms with Crippen molar-refractivity contribution < 1.29 is 13.9 Å². The predicted octanol–water partition coefficient (Wildman–Crippen LogP) is 3.22. The molecule has 0 spiro atoms. The molecule has 1 atom stereocenters. The van der Waals surface area contributed by atoms with Crippen LogP contribution in [0, 0.1) is 11.6 Å². The highest BCUT2D eigenvalue weighted by Gasteiger charge is 2.18. The van der Waals surface area contributed by atoms with E-state index in [0.717, 1.165) is 12.1 Å². The third-order valence-electron chi connectivity index (χ3n) is 2.86. The number of benzene rings is 1. The average Bonchev–Trinajstić information content (AvgIpc) is 2.75. The zero-order chi connectivity index (χ0) is 14.0. The summed E-state index contributed by atoms with van der Waals surface area (Å²) in [5.74, 6) is -1.80. The molecule has 102 valence electrons. The van der Waals surface area contributed by atoms with Crippen LogP contribution in [0.15, 0.2) is 28.9 Å². The van der Waals surface area contributed by atoms with Gasteiger partial charge in [0, 0.05) is 13.0 Å². The summed E-state index contributed by atoms with van der Waals surface area (Å²) in [4.78, 5) is 0. The molecule has 0 fully saturated rings. The van der Waals surface area contributed by atoms with Gasteiger partial charge in [0.1, 0.15) is 6.10 Å². The minimum atomic E-state index is -0.909. The van der Waals surface area contributed by atoms with Gasteiger partial charge >= 0.3 is 0 Å². The second-order valence-corrected chi connectivity index (χ2v) is 5.02. The van der Waals surface area contributed by atoms with Crippen LogP contribution in [0.25, 0.3) is 0 Å². The maximum atomic E-state index is 13.1. The number of aliphatic hydroxyl groups excluding tert-OH is 1. The Balaban J connectivity index is 2.22. The Morgan fingerprint density at radius 1 is 1.37 bits per heavy atom. The highest BCUT2D eigenvalue weighted by molar-refractivity contribution is 9.10. The molecule has 1 aromatic heterocycles. The molecule has 0 amide bonds. The number of halogens is 3. The van der Waals surface area contributed by atoms with Crippen LogP contribution in [0.3, 0.4) is 0 Å². The summed E-state index contributed by atoms with van der Waals surface area (Å²) < 4.78 is 28.3. The van der Waals surface area contributed by atoms with Crippen LogP contribution < -0.4 is 0 Å². The van der Waals surface area contributed by atoms with Crippen LogP contribution in [0.4, 0.5) is 8.78 Å². The second kappa shape index (κ2) is 5.79. The molecule has 0 aliphatic carbocycles. The number of hydrogen-bond donors (Lipinski definition) is 1. The van der Waals surface area contributed by atoms with Gasteiger partial charge in [-0.2, -0.15) is 5.10 Å². The van der Waals surface area contributed by atoms with Crippen LogP contribution in [0.2, 0.25) is 0 Å². The molecule has 1 aromatic carbocycles. The van der Waals surface area contributed by atoms with Gasteiger partial charge in [-0.15, -0.1) is 0 Å². The summed E-state index contributed by atoms with van der Waals surface area (Å²) in [6, 6.07) is 3.62. The van der Waals surface area contributed by atoms with E-state index in [-0.39, 0.29) is 6.42 Å². The van der Waals surface area contributed by atoms with E-state index in [0.29, 0.717) is 22.3 Å². The summed E-state index contributed by atoms with van der Waals surface area (Å²) in [5, 5.41) is 14.3. The van der Waals surface area contributed by atoms with Gasteiger partial charge in [0.2, 0.25) is 0 Å². The standard InChI is InChI=1S/C13H13BrF2N2O/c1-2-18-13(9(14)7-17-18)12(19)6-8-3-4-10(15)11(16)5-8/h3-5,7,12,19H,2,6H2,1H3. The lowest BCUT2D eigenvalue weighted by molar-refractivity contribution is 0.166. The van der Waals surface area contributed by atoms with Crippen LogP contribution in [-0.4, -0.2) is 14.9 Å². The minimum Gasteiger partial charge on any atom is -0.386 e. The molecular weight excluding hydrogens is 318 g/mol. The molecule has 1 heterocycles. The summed E-state index contributed by atoms with van der Waals surface area (Å²) >= 11 is 3.32. The zero-order valence-electron chi connectivity index (χ0n) is 10.3. The SMILES string of the molecule is CCn1ncc(Br)c1C(O)Cc1ccc(F)c(F)c1. The molecule has 0 bridgehead atoms. The quantitative estimate of drug-likeness (QED) is 0.934. The Morgan fingerprint density at radius 2 is 2.11 bits per heavy atom. The average molecular weight is 331 g/mol. The number of aromatic nitrogens is 2. The number of hydrogen-bond acceptors (Lipinski definition) is 2. The lowest BCUT2D eigenvalue weighted by Crippen LogP contribution is -2.11. The highest BCUT2D eigenvalue weighted by atomic mass is 79.9. The van der Waals surface area contributed by atoms with E-state index in [1.807, 2.05) is 6.92 Å². The topological polar surface area (TPSA) is 38.0 Å². The number of rotatable bonds is 4. The first kappa shape index (κ1) is 14.1. The molecule has 0 aliphatic heterocycles. The second-order valence-electron chi connectivity index (χ2n) is 4.16. The van der Waals surface area contributed by atoms with Crippen molar-refractivity contribution in [2.45, 2.75) is 26.0 Å². The fourth-order valence-electron chi connectivity index (χ4n) is 1.94. The molecule has 3 nitrogen and oxygen atoms in total. The maximum absolute atomic E-state index is 13.1. The van der Waals surface area contributed by atoms with Gasteiger partial charge in [0.15, 0.2) is 11.6 Å². The van der Waals surface area contributed by atoms with Crippen LogP contribution in [0.1, 0.15) is 24.3 Å². The zero-order valence-corrected chi connectivity index (χ0v) is 11.9. The third-order valence-corrected chi connectivity index (χ3v) is 3.47. The molecule has 6 heteroatoms. The predicted molar refractivity (Wildman–Crippen MR) is 70.6 cm³/mol. The molecule has 0 aliphatic rings. The van der Waals surface area contributed by atoms with E-state index in [1.54, 1.807) is 10.9 Å². The molecule has 0 saturated heterocycles. The van der Waals surface area contributed by atoms with Gasteiger partial charge in [-0.05, 0) is 40.5 Å². The molecule has 1 unspecified atom stereocenters. The van der Waals surface area contributed by atoms with Crippen molar-refractivity contribution >= 4 is 15.9 Å². The van der Waals surface area contributed by atoms with Crippen LogP contribution >= 0.6 is 15.9 Å². The molecule has 1 N–H and O–H groups in total. The Morgan fingerprint density at radius 3 is 2.74 bits per heavy atom. The van der Waals surface area contributed by atoms with E-state index in [1.165, 1.54) is 6.07 Å². The molecule has 2 rings (SSSR count). The number of aliphatic hydroxyl groups is 1. The third kappa shape index (κ3) is 3.01. The van der Waals surface area contributed by atoms with E-state index >= 15 is 0 Å². The fraction of sp³-hybridized carbons (Fsp3) is 0.308. The summed E-state index contributed by atoms with van der Waals surface area (Å²) in [6.07, 6.45) is 0.969. The molecule has 0 radical (unpaired) electrons. The van der Waals surface area contributed by atoms with Gasteiger partial charge < -0.3 is 5.11 Å². The van der Waals surface area contributed by atoms with E-state index < -0.39 is 17.7 Å². The highest BCUT2D eigenvalue weighted by Crippen LogP contribution is 2.26. The Labute approximate surface area is 118 Å². The monoisotopic (exact) mass is 330 g/mol. The van der Waals surface area contributed by atoms with Crippen molar-refractivity contribution in [1.29, 1.82) is 0 Å². The van der Waals surface area contributed by atoms with E-state index in [4.69, 9.17) is 0 Å². The van der Waals surface area contributed by atoms with Crippen LogP contribution in [-0.2, 0) is 13.0 Å². The molecular formula is C13H13BrF2N2O. The summed E-state index contributed by atoms with van der Waals surface area (Å²) in [5.41, 5.74) is 1.16. The smallest absolute Gasteiger partial charge is 0.159 e. The van der Waals surface area contributed by atoms with Crippen molar-refractivity contribution in [3.63, 3.8) is 0 Å². The van der Waals surface area contributed by atoms with Gasteiger partial charge in [0.05, 0.1) is 16.4 Å². The van der Waals surface area contributed by atoms with E-state index in [2.05, 4.69) is 21.0 Å². The van der Waals surface area contributed by atoms with Gasteiger partial charge in [-0.1, -0.05) is 6.07 Å². The lowest BCUT2D eigenvalue weighted by atomic mass is 10.1. The van der Waals surface area contributed by atoms with Crippen molar-refractivity contribution in [2.75, 3.05) is 0 Å². The summed E-state index contributed by atoms with van der Waals surface area (Å²) in [7, 11) is 0. The van der Waals surface area contributed by atoms with Gasteiger partial charge in [-0.3, -0.25) is 4.68 Å². The largest absolute Gasteiger partial charge is 0.386 e. The van der Waals surface area contributed by atoms with E-state index in [9.17, 15) is 13.9 Å². The molecule has 19 heavy (non-hydrogen) atoms. The Hall–Kier alpha value is -1.27. The normalized spacial score (nSPS) is 12.7. The fourth-order valence-corrected chi connectivity index (χ4v) is 2.50. The minimum absolute atomic E-state index is 0.196. The first-order chi connectivity index (χ1) is 9.02. The van der Waals surface area contributed by atoms with Crippen molar-refractivity contribution in [2.24, 2.45) is 0 Å². The maximum Gasteiger partial charge on any atom is 0.159 e. The first-order valence-electron chi connectivity index (χ1n) is 5.86. The molecule has 2 aromatic rings. The van der Waals surface area contributed by atoms with Crippen molar-refractivity contribution in [3.05, 3.63) is 51.8 Å². The first-order valence-corrected chi connectivity index (χ1v) is 6.65. The number of nitrogens with zero attached hydrogens (tertiary/aromatic N) is 2. The lowest BCUT2D eigenvalue weighted by Gasteiger charge is -2.13. The van der Waals surface area contributed by atoms with Crippen molar-refractivity contribution in [3.8, 4) is 0 Å². The Bertz CT molecular complexity index is 586.